The number of allylic oxidation sites excluding steroid dienone is 4. The Bertz CT molecular complexity index is 232. The van der Waals surface area contributed by atoms with Crippen molar-refractivity contribution in [2.75, 3.05) is 0 Å². The third-order valence-corrected chi connectivity index (χ3v) is 4.54. The summed E-state index contributed by atoms with van der Waals surface area (Å²) in [6.45, 7) is 4.55. The van der Waals surface area contributed by atoms with Gasteiger partial charge in [-0.3, -0.25) is 0 Å². The quantitative estimate of drug-likeness (QED) is 0.519. The minimum absolute atomic E-state index is 0. The van der Waals surface area contributed by atoms with Gasteiger partial charge in [-0.05, 0) is 0 Å². The number of halogens is 2. The average Bonchev–Trinajstić information content (AvgIpc) is 2.43. The van der Waals surface area contributed by atoms with Crippen LogP contribution in [0.5, 0.6) is 0 Å². The van der Waals surface area contributed by atoms with Crippen LogP contribution in [0, 0.1) is 0 Å². The summed E-state index contributed by atoms with van der Waals surface area (Å²) < 4.78 is 1.66. The third-order valence-electron chi connectivity index (χ3n) is 2.70. The molecule has 0 N–H and O–H groups in total. The van der Waals surface area contributed by atoms with Gasteiger partial charge < -0.3 is 24.8 Å². The molecule has 0 aromatic rings. The minimum Gasteiger partial charge on any atom is -1.00 e. The van der Waals surface area contributed by atoms with E-state index in [1.165, 1.54) is 38.5 Å². The van der Waals surface area contributed by atoms with Crippen molar-refractivity contribution in [1.29, 1.82) is 0 Å². The van der Waals surface area contributed by atoms with Crippen molar-refractivity contribution in [2.24, 2.45) is 0 Å². The second-order valence-corrected chi connectivity index (χ2v) is 5.13. The zero-order valence-corrected chi connectivity index (χ0v) is 13.5. The van der Waals surface area contributed by atoms with Gasteiger partial charge in [0.1, 0.15) is 0 Å². The molecule has 0 spiro atoms. The van der Waals surface area contributed by atoms with Gasteiger partial charge in [-0.25, -0.2) is 0 Å². The number of hydrogen-bond acceptors (Lipinski definition) is 0. The van der Waals surface area contributed by atoms with E-state index in [4.69, 9.17) is 0 Å². The molecule has 0 amide bonds. The number of unbranched alkanes of at least 4 members (excludes halogenated alkanes) is 3. The van der Waals surface area contributed by atoms with E-state index in [2.05, 4.69) is 19.9 Å². The monoisotopic (exact) mass is 323 g/mol. The summed E-state index contributed by atoms with van der Waals surface area (Å²) in [5.74, 6) is 0. The first-order valence-corrected chi connectivity index (χ1v) is 6.59. The fraction of sp³-hybridized carbons (Fsp3) is 0.667. The molecule has 0 bridgehead atoms. The topological polar surface area (TPSA) is 0 Å². The van der Waals surface area contributed by atoms with Gasteiger partial charge in [0.25, 0.3) is 0 Å². The van der Waals surface area contributed by atoms with E-state index in [-0.39, 0.29) is 24.8 Å². The van der Waals surface area contributed by atoms with E-state index >= 15 is 0 Å². The van der Waals surface area contributed by atoms with Crippen molar-refractivity contribution in [3.63, 3.8) is 0 Å². The van der Waals surface area contributed by atoms with Gasteiger partial charge in [0.15, 0.2) is 0 Å². The molecule has 0 heterocycles. The second-order valence-electron chi connectivity index (χ2n) is 3.90. The van der Waals surface area contributed by atoms with Crippen LogP contribution in [0.4, 0.5) is 0 Å². The molecule has 0 aliphatic heterocycles. The normalized spacial score (nSPS) is 14.5. The Morgan fingerprint density at radius 2 is 1.87 bits per heavy atom. The van der Waals surface area contributed by atoms with E-state index in [1.54, 1.807) is 39.1 Å². The summed E-state index contributed by atoms with van der Waals surface area (Å²) in [6.07, 6.45) is 10.6. The molecule has 3 heteroatoms. The van der Waals surface area contributed by atoms with E-state index < -0.39 is 0 Å². The number of hydrogen-bond donors (Lipinski definition) is 0. The maximum atomic E-state index is 2.44. The third kappa shape index (κ3) is 6.29. The van der Waals surface area contributed by atoms with Gasteiger partial charge in [-0.2, -0.15) is 0 Å². The van der Waals surface area contributed by atoms with Crippen LogP contribution in [0.15, 0.2) is 20.5 Å². The van der Waals surface area contributed by atoms with Crippen LogP contribution < -0.4 is 24.8 Å². The van der Waals surface area contributed by atoms with Crippen LogP contribution in [0.3, 0.4) is 0 Å². The van der Waals surface area contributed by atoms with Crippen molar-refractivity contribution >= 4 is 0 Å². The Balaban J connectivity index is 0. The summed E-state index contributed by atoms with van der Waals surface area (Å²) in [6, 6.07) is 0. The maximum absolute atomic E-state index is 2.44. The average molecular weight is 325 g/mol. The Morgan fingerprint density at radius 1 is 1.20 bits per heavy atom. The molecule has 0 radical (unpaired) electrons. The fourth-order valence-corrected chi connectivity index (χ4v) is 2.53. The molecular formula is C12H19Cl2Zr. The van der Waals surface area contributed by atoms with Gasteiger partial charge >= 0.3 is 97.6 Å². The molecule has 0 fully saturated rings. The zero-order valence-electron chi connectivity index (χ0n) is 9.58. The van der Waals surface area contributed by atoms with Crippen molar-refractivity contribution in [1.82, 2.24) is 0 Å². The Morgan fingerprint density at radius 3 is 2.33 bits per heavy atom. The van der Waals surface area contributed by atoms with Crippen LogP contribution in [0.2, 0.25) is 0 Å². The summed E-state index contributed by atoms with van der Waals surface area (Å²) in [4.78, 5) is 0. The molecule has 1 aliphatic rings. The van der Waals surface area contributed by atoms with Crippen LogP contribution in [0.1, 0.15) is 52.4 Å². The zero-order chi connectivity index (χ0) is 9.68. The van der Waals surface area contributed by atoms with Crippen molar-refractivity contribution < 1.29 is 49.5 Å². The molecule has 0 atom stereocenters. The molecule has 0 saturated heterocycles. The van der Waals surface area contributed by atoms with E-state index in [1.807, 2.05) is 0 Å². The molecule has 0 aromatic heterocycles. The molecule has 0 nitrogen and oxygen atoms in total. The van der Waals surface area contributed by atoms with Crippen LogP contribution >= 0.6 is 0 Å². The molecule has 1 rings (SSSR count). The van der Waals surface area contributed by atoms with Gasteiger partial charge in [0, 0.05) is 0 Å². The Hall–Kier alpha value is 0.943. The van der Waals surface area contributed by atoms with Crippen molar-refractivity contribution in [3.05, 3.63) is 20.5 Å². The van der Waals surface area contributed by atoms with E-state index in [0.717, 1.165) is 0 Å². The van der Waals surface area contributed by atoms with Crippen LogP contribution in [0.25, 0.3) is 0 Å². The molecule has 0 saturated carbocycles. The van der Waals surface area contributed by atoms with Gasteiger partial charge in [0.2, 0.25) is 0 Å². The second kappa shape index (κ2) is 10.1. The molecule has 0 unspecified atom stereocenters. The summed E-state index contributed by atoms with van der Waals surface area (Å²) in [5.41, 5.74) is 3.27. The molecule has 85 valence electrons. The fourth-order valence-electron chi connectivity index (χ4n) is 1.72. The first-order valence-electron chi connectivity index (χ1n) is 5.36. The maximum Gasteiger partial charge on any atom is -1.00 e. The van der Waals surface area contributed by atoms with Crippen LogP contribution in [-0.4, -0.2) is 0 Å². The van der Waals surface area contributed by atoms with Crippen molar-refractivity contribution in [2.45, 2.75) is 52.4 Å². The summed E-state index contributed by atoms with van der Waals surface area (Å²) >= 11 is 1.61. The molecular weight excluding hydrogens is 306 g/mol. The van der Waals surface area contributed by atoms with Gasteiger partial charge in [0.05, 0.1) is 0 Å². The van der Waals surface area contributed by atoms with E-state index in [0.29, 0.717) is 0 Å². The Kier molecular flexibility index (Phi) is 12.4. The first kappa shape index (κ1) is 18.3. The minimum atomic E-state index is 0. The predicted molar refractivity (Wildman–Crippen MR) is 54.2 cm³/mol. The molecule has 15 heavy (non-hydrogen) atoms. The predicted octanol–water partition coefficient (Wildman–Crippen LogP) is -1.88. The summed E-state index contributed by atoms with van der Waals surface area (Å²) in [5, 5.41) is 0. The molecule has 1 aliphatic carbocycles. The van der Waals surface area contributed by atoms with E-state index in [9.17, 15) is 0 Å². The molecule has 0 aromatic carbocycles. The van der Waals surface area contributed by atoms with Gasteiger partial charge in [-0.1, -0.05) is 0 Å². The Labute approximate surface area is 122 Å². The number of rotatable bonds is 5. The smallest absolute Gasteiger partial charge is 1.00 e. The van der Waals surface area contributed by atoms with Gasteiger partial charge in [-0.15, -0.1) is 0 Å². The van der Waals surface area contributed by atoms with Crippen LogP contribution in [-0.2, 0) is 24.7 Å². The summed E-state index contributed by atoms with van der Waals surface area (Å²) in [7, 11) is 0. The largest absolute Gasteiger partial charge is 1.00 e. The van der Waals surface area contributed by atoms with Crippen molar-refractivity contribution in [3.8, 4) is 0 Å². The standard InChI is InChI=1S/C12H19.2ClH.Zr/c1-3-4-5-6-7-12-9-8-11(2)10-12;;;/h9H,3-8H2,1-2H3;2*1H;/q;;;+2/p-2. The first-order chi connectivity index (χ1) is 6.25. The SMILES string of the molecule is CCCCCCC1=CCC(C)=[C]1[Zr+2].[Cl-].[Cl-].